The van der Waals surface area contributed by atoms with Crippen molar-refractivity contribution >= 4 is 6.01 Å². The van der Waals surface area contributed by atoms with Crippen LogP contribution < -0.4 is 0 Å². The largest absolute Gasteiger partial charge is 0.287 e. The van der Waals surface area contributed by atoms with Crippen LogP contribution in [0.2, 0.25) is 0 Å². The summed E-state index contributed by atoms with van der Waals surface area (Å²) in [6, 6.07) is 3.11. The normalized spacial score (nSPS) is 14.9. The van der Waals surface area contributed by atoms with Crippen molar-refractivity contribution < 1.29 is 0 Å². The van der Waals surface area contributed by atoms with E-state index in [0.717, 1.165) is 12.8 Å². The molecule has 0 aromatic carbocycles. The SMILES string of the molecule is CCC(C)N=C=NC(CC)N(C)C. The summed E-state index contributed by atoms with van der Waals surface area (Å²) < 4.78 is 0. The van der Waals surface area contributed by atoms with Gasteiger partial charge >= 0.3 is 0 Å². The van der Waals surface area contributed by atoms with Crippen LogP contribution >= 0.6 is 0 Å². The summed E-state index contributed by atoms with van der Waals surface area (Å²) in [5.74, 6) is 0. The Labute approximate surface area is 81.6 Å². The third-order valence-electron chi connectivity index (χ3n) is 2.04. The fraction of sp³-hybridized carbons (Fsp3) is 0.900. The molecule has 3 nitrogen and oxygen atoms in total. The highest BCUT2D eigenvalue weighted by molar-refractivity contribution is 5.41. The van der Waals surface area contributed by atoms with Crippen molar-refractivity contribution in [2.45, 2.75) is 45.8 Å². The Balaban J connectivity index is 4.13. The number of hydrogen-bond donors (Lipinski definition) is 0. The van der Waals surface area contributed by atoms with Gasteiger partial charge in [0.25, 0.3) is 0 Å². The van der Waals surface area contributed by atoms with Gasteiger partial charge < -0.3 is 0 Å². The number of hydrogen-bond acceptors (Lipinski definition) is 3. The van der Waals surface area contributed by atoms with Crippen molar-refractivity contribution in [3.63, 3.8) is 0 Å². The maximum absolute atomic E-state index is 4.24. The van der Waals surface area contributed by atoms with Gasteiger partial charge in [0.05, 0.1) is 12.1 Å². The van der Waals surface area contributed by atoms with Crippen LogP contribution in [0.15, 0.2) is 9.98 Å². The quantitative estimate of drug-likeness (QED) is 0.601. The number of nitrogens with zero attached hydrogens (tertiary/aromatic N) is 3. The summed E-state index contributed by atoms with van der Waals surface area (Å²) in [5, 5.41) is 0. The van der Waals surface area contributed by atoms with Crippen LogP contribution in [0.3, 0.4) is 0 Å². The summed E-state index contributed by atoms with van der Waals surface area (Å²) in [7, 11) is 4.03. The van der Waals surface area contributed by atoms with Crippen molar-refractivity contribution in [1.82, 2.24) is 4.90 Å². The molecule has 3 heteroatoms. The first kappa shape index (κ1) is 12.3. The summed E-state index contributed by atoms with van der Waals surface area (Å²) >= 11 is 0. The lowest BCUT2D eigenvalue weighted by Crippen LogP contribution is -2.24. The molecule has 0 spiro atoms. The van der Waals surface area contributed by atoms with E-state index >= 15 is 0 Å². The molecule has 0 aliphatic heterocycles. The Bertz CT molecular complexity index is 181. The van der Waals surface area contributed by atoms with Gasteiger partial charge in [0, 0.05) is 0 Å². The highest BCUT2D eigenvalue weighted by atomic mass is 15.2. The van der Waals surface area contributed by atoms with E-state index in [9.17, 15) is 0 Å². The predicted octanol–water partition coefficient (Wildman–Crippen LogP) is 2.26. The maximum atomic E-state index is 4.24. The van der Waals surface area contributed by atoms with Gasteiger partial charge in [-0.15, -0.1) is 0 Å². The molecular formula is C10H21N3. The smallest absolute Gasteiger partial charge is 0.112 e. The molecular weight excluding hydrogens is 162 g/mol. The highest BCUT2D eigenvalue weighted by Gasteiger charge is 2.03. The van der Waals surface area contributed by atoms with Crippen LogP contribution in [-0.2, 0) is 0 Å². The van der Waals surface area contributed by atoms with Crippen molar-refractivity contribution in [2.24, 2.45) is 9.98 Å². The second kappa shape index (κ2) is 6.81. The molecule has 0 aliphatic rings. The van der Waals surface area contributed by atoms with Crippen LogP contribution in [0.4, 0.5) is 0 Å². The second-order valence-electron chi connectivity index (χ2n) is 3.47. The van der Waals surface area contributed by atoms with Gasteiger partial charge in [-0.1, -0.05) is 13.8 Å². The molecule has 0 rings (SSSR count). The Morgan fingerprint density at radius 2 is 1.77 bits per heavy atom. The zero-order chi connectivity index (χ0) is 10.3. The molecule has 0 fully saturated rings. The van der Waals surface area contributed by atoms with E-state index in [4.69, 9.17) is 0 Å². The van der Waals surface area contributed by atoms with E-state index < -0.39 is 0 Å². The molecule has 0 amide bonds. The van der Waals surface area contributed by atoms with Gasteiger partial charge in [0.1, 0.15) is 6.17 Å². The third kappa shape index (κ3) is 5.56. The standard InChI is InChI=1S/C10H21N3/c1-6-9(3)11-8-12-10(7-2)13(4)5/h9-10H,6-7H2,1-5H3. The lowest BCUT2D eigenvalue weighted by Gasteiger charge is -2.16. The Morgan fingerprint density at radius 3 is 2.15 bits per heavy atom. The van der Waals surface area contributed by atoms with Crippen molar-refractivity contribution in [3.8, 4) is 0 Å². The highest BCUT2D eigenvalue weighted by Crippen LogP contribution is 1.99. The molecule has 2 unspecified atom stereocenters. The molecule has 2 atom stereocenters. The van der Waals surface area contributed by atoms with Gasteiger partial charge in [-0.25, -0.2) is 9.98 Å². The van der Waals surface area contributed by atoms with Gasteiger partial charge in [0.15, 0.2) is 0 Å². The van der Waals surface area contributed by atoms with Gasteiger partial charge in [-0.3, -0.25) is 4.90 Å². The summed E-state index contributed by atoms with van der Waals surface area (Å²) in [6.45, 7) is 6.29. The van der Waals surface area contributed by atoms with Crippen LogP contribution in [-0.4, -0.2) is 37.2 Å². The average Bonchev–Trinajstić information content (AvgIpc) is 2.11. The number of rotatable bonds is 5. The monoisotopic (exact) mass is 183 g/mol. The second-order valence-corrected chi connectivity index (χ2v) is 3.47. The van der Waals surface area contributed by atoms with E-state index in [1.807, 2.05) is 14.1 Å². The first-order valence-electron chi connectivity index (χ1n) is 4.92. The van der Waals surface area contributed by atoms with E-state index in [0.29, 0.717) is 6.04 Å². The fourth-order valence-corrected chi connectivity index (χ4v) is 0.862. The first-order chi connectivity index (χ1) is 6.11. The molecule has 0 aliphatic carbocycles. The molecule has 0 heterocycles. The van der Waals surface area contributed by atoms with Crippen LogP contribution in [0.1, 0.15) is 33.6 Å². The van der Waals surface area contributed by atoms with Gasteiger partial charge in [0.2, 0.25) is 0 Å². The summed E-state index contributed by atoms with van der Waals surface area (Å²) in [6.07, 6.45) is 2.25. The lowest BCUT2D eigenvalue weighted by molar-refractivity contribution is 0.296. The lowest BCUT2D eigenvalue weighted by atomic mass is 10.3. The van der Waals surface area contributed by atoms with E-state index in [1.165, 1.54) is 0 Å². The van der Waals surface area contributed by atoms with Crippen molar-refractivity contribution in [3.05, 3.63) is 0 Å². The zero-order valence-corrected chi connectivity index (χ0v) is 9.41. The molecule has 0 N–H and O–H groups in total. The number of aliphatic imine (C=N–C) groups is 2. The maximum Gasteiger partial charge on any atom is 0.112 e. The van der Waals surface area contributed by atoms with Crippen molar-refractivity contribution in [2.75, 3.05) is 14.1 Å². The molecule has 0 aromatic heterocycles. The fourth-order valence-electron chi connectivity index (χ4n) is 0.862. The van der Waals surface area contributed by atoms with Gasteiger partial charge in [-0.2, -0.15) is 0 Å². The minimum absolute atomic E-state index is 0.216. The third-order valence-corrected chi connectivity index (χ3v) is 2.04. The minimum atomic E-state index is 0.216. The topological polar surface area (TPSA) is 28.0 Å². The Kier molecular flexibility index (Phi) is 6.47. The molecule has 0 saturated carbocycles. The zero-order valence-electron chi connectivity index (χ0n) is 9.41. The van der Waals surface area contributed by atoms with Gasteiger partial charge in [-0.05, 0) is 33.9 Å². The molecule has 0 bridgehead atoms. The predicted molar refractivity (Wildman–Crippen MR) is 57.4 cm³/mol. The van der Waals surface area contributed by atoms with E-state index in [1.54, 1.807) is 0 Å². The molecule has 0 aromatic rings. The van der Waals surface area contributed by atoms with Crippen molar-refractivity contribution in [1.29, 1.82) is 0 Å². The molecule has 76 valence electrons. The Morgan fingerprint density at radius 1 is 1.15 bits per heavy atom. The van der Waals surface area contributed by atoms with E-state index in [2.05, 4.69) is 41.7 Å². The van der Waals surface area contributed by atoms with Crippen LogP contribution in [0, 0.1) is 0 Å². The minimum Gasteiger partial charge on any atom is -0.287 e. The molecule has 0 saturated heterocycles. The van der Waals surface area contributed by atoms with E-state index in [-0.39, 0.29) is 6.17 Å². The van der Waals surface area contributed by atoms with Crippen LogP contribution in [0.5, 0.6) is 0 Å². The Hall–Kier alpha value is -0.660. The first-order valence-corrected chi connectivity index (χ1v) is 4.92. The molecule has 0 radical (unpaired) electrons. The molecule has 13 heavy (non-hydrogen) atoms. The average molecular weight is 183 g/mol. The summed E-state index contributed by atoms with van der Waals surface area (Å²) in [4.78, 5) is 10.5. The summed E-state index contributed by atoms with van der Waals surface area (Å²) in [5.41, 5.74) is 0. The van der Waals surface area contributed by atoms with Crippen LogP contribution in [0.25, 0.3) is 0 Å².